The predicted octanol–water partition coefficient (Wildman–Crippen LogP) is -3.13. The summed E-state index contributed by atoms with van der Waals surface area (Å²) in [5.74, 6) is -9.16. The minimum atomic E-state index is -3.49. The van der Waals surface area contributed by atoms with Gasteiger partial charge in [-0.2, -0.15) is 0 Å². The lowest BCUT2D eigenvalue weighted by Gasteiger charge is -2.34. The zero-order valence-electron chi connectivity index (χ0n) is 8.17. The van der Waals surface area contributed by atoms with Crippen molar-refractivity contribution in [1.29, 1.82) is 0 Å². The van der Waals surface area contributed by atoms with Crippen LogP contribution in [0.1, 0.15) is 0 Å². The normalized spacial score (nSPS) is 11.5. The van der Waals surface area contributed by atoms with Crippen LogP contribution in [0, 0.1) is 0 Å². The maximum atomic E-state index is 10.7. The summed E-state index contributed by atoms with van der Waals surface area (Å²) < 4.78 is 0. The fraction of sp³-hybridized carbons (Fsp3) is 0.250. The average Bonchev–Trinajstić information content (AvgIpc) is 2.15. The molecule has 0 atom stereocenters. The second kappa shape index (κ2) is 4.86. The smallest absolute Gasteiger partial charge is 0.325 e. The summed E-state index contributed by atoms with van der Waals surface area (Å²) in [6.45, 7) is 6.01. The lowest BCUT2D eigenvalue weighted by molar-refractivity contribution is -0.374. The predicted molar refractivity (Wildman–Crippen MR) is 51.0 cm³/mol. The van der Waals surface area contributed by atoms with Crippen LogP contribution in [0.25, 0.3) is 0 Å². The molecule has 16 heavy (non-hydrogen) atoms. The number of rotatable bonds is 5. The zero-order valence-corrected chi connectivity index (χ0v) is 8.17. The van der Waals surface area contributed by atoms with Crippen LogP contribution in [0.3, 0.4) is 0 Å². The zero-order chi connectivity index (χ0) is 13.0. The third-order valence-corrected chi connectivity index (χ3v) is 1.45. The number of amides is 2. The van der Waals surface area contributed by atoms with Crippen molar-refractivity contribution in [1.82, 2.24) is 10.6 Å². The van der Waals surface area contributed by atoms with Gasteiger partial charge in [0.15, 0.2) is 0 Å². The van der Waals surface area contributed by atoms with Crippen LogP contribution in [0.2, 0.25) is 0 Å². The summed E-state index contributed by atoms with van der Waals surface area (Å²) in [6.07, 6.45) is 1.32. The van der Waals surface area contributed by atoms with E-state index in [0.29, 0.717) is 12.2 Å². The molecule has 0 fully saturated rings. The first-order chi connectivity index (χ1) is 7.16. The lowest BCUT2D eigenvalue weighted by Crippen LogP contribution is -2.71. The maximum absolute atomic E-state index is 10.7. The van der Waals surface area contributed by atoms with E-state index in [1.54, 1.807) is 0 Å². The number of nitrogens with one attached hydrogen (secondary N) is 2. The Morgan fingerprint density at radius 1 is 0.875 bits per heavy atom. The second-order valence-corrected chi connectivity index (χ2v) is 2.73. The van der Waals surface area contributed by atoms with E-state index in [0.717, 1.165) is 0 Å². The minimum absolute atomic E-state index is 0.659. The summed E-state index contributed by atoms with van der Waals surface area (Å²) in [7, 11) is 0. The van der Waals surface area contributed by atoms with Gasteiger partial charge in [0.2, 0.25) is 11.8 Å². The number of hydrogen-bond acceptors (Lipinski definition) is 6. The molecule has 0 radical (unpaired) electrons. The molecule has 6 N–H and O–H groups in total. The largest absolute Gasteiger partial charge is 0.343 e. The molecule has 0 bridgehead atoms. The van der Waals surface area contributed by atoms with Gasteiger partial charge in [-0.05, 0) is 12.2 Å². The van der Waals surface area contributed by atoms with Crippen LogP contribution >= 0.6 is 0 Å². The summed E-state index contributed by atoms with van der Waals surface area (Å²) in [5.41, 5.74) is 0. The molecule has 2 amide bonds. The highest BCUT2D eigenvalue weighted by molar-refractivity contribution is 5.88. The molecule has 0 aliphatic rings. The third kappa shape index (κ3) is 3.44. The van der Waals surface area contributed by atoms with Gasteiger partial charge < -0.3 is 20.4 Å². The molecule has 90 valence electrons. The SMILES string of the molecule is C=CC(=O)NC(O)(O)C(O)(O)NC(=O)C=C. The van der Waals surface area contributed by atoms with Gasteiger partial charge in [0.05, 0.1) is 0 Å². The molecule has 8 nitrogen and oxygen atoms in total. The van der Waals surface area contributed by atoms with Crippen molar-refractivity contribution < 1.29 is 30.0 Å². The number of aliphatic hydroxyl groups is 4. The van der Waals surface area contributed by atoms with Gasteiger partial charge in [0.1, 0.15) is 0 Å². The monoisotopic (exact) mass is 232 g/mol. The van der Waals surface area contributed by atoms with E-state index < -0.39 is 23.6 Å². The van der Waals surface area contributed by atoms with Gasteiger partial charge in [0, 0.05) is 0 Å². The van der Waals surface area contributed by atoms with E-state index in [-0.39, 0.29) is 0 Å². The molecule has 0 aromatic rings. The topological polar surface area (TPSA) is 139 Å². The van der Waals surface area contributed by atoms with Crippen molar-refractivity contribution in [3.05, 3.63) is 25.3 Å². The van der Waals surface area contributed by atoms with Crippen molar-refractivity contribution in [3.63, 3.8) is 0 Å². The Hall–Kier alpha value is -1.74. The summed E-state index contributed by atoms with van der Waals surface area (Å²) in [6, 6.07) is 0. The average molecular weight is 232 g/mol. The second-order valence-electron chi connectivity index (χ2n) is 2.73. The van der Waals surface area contributed by atoms with Crippen LogP contribution < -0.4 is 10.6 Å². The highest BCUT2D eigenvalue weighted by Gasteiger charge is 2.50. The van der Waals surface area contributed by atoms with Gasteiger partial charge in [0.25, 0.3) is 0 Å². The van der Waals surface area contributed by atoms with E-state index in [1.165, 1.54) is 10.6 Å². The van der Waals surface area contributed by atoms with Gasteiger partial charge in [-0.1, -0.05) is 13.2 Å². The number of hydrogen-bond donors (Lipinski definition) is 6. The maximum Gasteiger partial charge on any atom is 0.325 e. The van der Waals surface area contributed by atoms with Gasteiger partial charge in [-0.3, -0.25) is 20.2 Å². The first-order valence-corrected chi connectivity index (χ1v) is 3.95. The van der Waals surface area contributed by atoms with Gasteiger partial charge in [-0.25, -0.2) is 0 Å². The molecule has 0 aliphatic carbocycles. The quantitative estimate of drug-likeness (QED) is 0.219. The molecule has 0 aromatic carbocycles. The Morgan fingerprint density at radius 3 is 1.31 bits per heavy atom. The molecule has 0 rings (SSSR count). The van der Waals surface area contributed by atoms with E-state index in [2.05, 4.69) is 13.2 Å². The molecule has 8 heteroatoms. The number of carbonyl (C=O) groups excluding carboxylic acids is 2. The molecule has 0 heterocycles. The molecule has 0 saturated heterocycles. The van der Waals surface area contributed by atoms with Crippen molar-refractivity contribution in [2.75, 3.05) is 0 Å². The molecular formula is C8H12N2O6. The van der Waals surface area contributed by atoms with Crippen LogP contribution in [-0.4, -0.2) is 44.1 Å². The summed E-state index contributed by atoms with van der Waals surface area (Å²) >= 11 is 0. The van der Waals surface area contributed by atoms with Crippen molar-refractivity contribution >= 4 is 11.8 Å². The fourth-order valence-electron chi connectivity index (χ4n) is 0.620. The fourth-order valence-corrected chi connectivity index (χ4v) is 0.620. The minimum Gasteiger partial charge on any atom is -0.343 e. The Bertz CT molecular complexity index is 290. The first kappa shape index (κ1) is 14.3. The van der Waals surface area contributed by atoms with Crippen LogP contribution in [0.4, 0.5) is 0 Å². The molecule has 0 spiro atoms. The van der Waals surface area contributed by atoms with Gasteiger partial charge in [-0.15, -0.1) is 0 Å². The molecular weight excluding hydrogens is 220 g/mol. The van der Waals surface area contributed by atoms with Gasteiger partial charge >= 0.3 is 11.8 Å². The highest BCUT2D eigenvalue weighted by Crippen LogP contribution is 2.10. The van der Waals surface area contributed by atoms with Crippen LogP contribution in [0.15, 0.2) is 25.3 Å². The summed E-state index contributed by atoms with van der Waals surface area (Å²) in [4.78, 5) is 21.5. The van der Waals surface area contributed by atoms with Crippen LogP contribution in [0.5, 0.6) is 0 Å². The van der Waals surface area contributed by atoms with E-state index in [4.69, 9.17) is 20.4 Å². The lowest BCUT2D eigenvalue weighted by atomic mass is 10.3. The highest BCUT2D eigenvalue weighted by atomic mass is 16.6. The van der Waals surface area contributed by atoms with Crippen LogP contribution in [-0.2, 0) is 9.59 Å². The number of carbonyl (C=O) groups is 2. The van der Waals surface area contributed by atoms with E-state index in [1.807, 2.05) is 0 Å². The van der Waals surface area contributed by atoms with E-state index in [9.17, 15) is 9.59 Å². The van der Waals surface area contributed by atoms with Crippen molar-refractivity contribution in [3.8, 4) is 0 Å². The third-order valence-electron chi connectivity index (χ3n) is 1.45. The Morgan fingerprint density at radius 2 is 1.12 bits per heavy atom. The Labute approximate surface area is 90.5 Å². The molecule has 0 aromatic heterocycles. The van der Waals surface area contributed by atoms with E-state index >= 15 is 0 Å². The standard InChI is InChI=1S/C8H12N2O6/c1-3-5(11)9-7(13,14)8(15,16)10-6(12)4-2/h3-4,13-16H,1-2H2,(H,9,11)(H,10,12). The first-order valence-electron chi connectivity index (χ1n) is 3.95. The molecule has 0 aliphatic heterocycles. The summed E-state index contributed by atoms with van der Waals surface area (Å²) in [5, 5.41) is 39.2. The Kier molecular flexibility index (Phi) is 4.33. The molecule has 0 saturated carbocycles. The van der Waals surface area contributed by atoms with Crippen molar-refractivity contribution in [2.45, 2.75) is 11.8 Å². The molecule has 0 unspecified atom stereocenters. The Balaban J connectivity index is 4.82. The van der Waals surface area contributed by atoms with Crippen molar-refractivity contribution in [2.24, 2.45) is 0 Å².